The first-order chi connectivity index (χ1) is 7.16. The van der Waals surface area contributed by atoms with E-state index in [1.165, 1.54) is 12.8 Å². The molecule has 1 aromatic carbocycles. The second kappa shape index (κ2) is 4.38. The van der Waals surface area contributed by atoms with Crippen molar-refractivity contribution in [3.63, 3.8) is 0 Å². The first-order valence-electron chi connectivity index (χ1n) is 4.82. The van der Waals surface area contributed by atoms with Crippen LogP contribution < -0.4 is 4.74 Å². The average Bonchev–Trinajstić information content (AvgIpc) is 2.99. The molecule has 3 nitrogen and oxygen atoms in total. The molecule has 1 saturated carbocycles. The largest absolute Gasteiger partial charge is 0.492 e. The van der Waals surface area contributed by atoms with Crippen molar-refractivity contribution in [3.8, 4) is 5.75 Å². The van der Waals surface area contributed by atoms with Gasteiger partial charge in [-0.15, -0.1) is 0 Å². The molecule has 1 fully saturated rings. The van der Waals surface area contributed by atoms with Gasteiger partial charge >= 0.3 is 5.97 Å². The van der Waals surface area contributed by atoms with E-state index in [1.54, 1.807) is 18.2 Å². The normalized spacial score (nSPS) is 15.0. The van der Waals surface area contributed by atoms with Gasteiger partial charge in [0.1, 0.15) is 5.75 Å². The van der Waals surface area contributed by atoms with Gasteiger partial charge in [0.25, 0.3) is 0 Å². The van der Waals surface area contributed by atoms with E-state index in [0.717, 1.165) is 15.9 Å². The van der Waals surface area contributed by atoms with Gasteiger partial charge in [-0.05, 0) is 59.5 Å². The Kier molecular flexibility index (Phi) is 3.14. The molecule has 0 radical (unpaired) electrons. The summed E-state index contributed by atoms with van der Waals surface area (Å²) < 4.78 is 6.45. The molecular formula is C11H11IO3. The number of benzene rings is 1. The van der Waals surface area contributed by atoms with E-state index in [9.17, 15) is 4.79 Å². The molecule has 0 spiro atoms. The van der Waals surface area contributed by atoms with E-state index < -0.39 is 5.97 Å². The van der Waals surface area contributed by atoms with Crippen molar-refractivity contribution < 1.29 is 14.6 Å². The maximum atomic E-state index is 10.7. The van der Waals surface area contributed by atoms with Crippen molar-refractivity contribution >= 4 is 28.6 Å². The molecule has 0 saturated heterocycles. The summed E-state index contributed by atoms with van der Waals surface area (Å²) in [5.74, 6) is 0.592. The summed E-state index contributed by atoms with van der Waals surface area (Å²) in [5.41, 5.74) is 0.304. The van der Waals surface area contributed by atoms with Crippen LogP contribution in [0.15, 0.2) is 18.2 Å². The highest BCUT2D eigenvalue weighted by molar-refractivity contribution is 14.1. The summed E-state index contributed by atoms with van der Waals surface area (Å²) >= 11 is 2.10. The van der Waals surface area contributed by atoms with E-state index in [0.29, 0.717) is 11.5 Å². The summed E-state index contributed by atoms with van der Waals surface area (Å²) in [4.78, 5) is 10.7. The lowest BCUT2D eigenvalue weighted by atomic mass is 10.2. The van der Waals surface area contributed by atoms with Crippen LogP contribution >= 0.6 is 22.6 Å². The number of hydrogen-bond acceptors (Lipinski definition) is 2. The summed E-state index contributed by atoms with van der Waals surface area (Å²) in [6.45, 7) is 0.752. The average molecular weight is 318 g/mol. The summed E-state index contributed by atoms with van der Waals surface area (Å²) in [5, 5.41) is 8.78. The highest BCUT2D eigenvalue weighted by atomic mass is 127. The van der Waals surface area contributed by atoms with Crippen LogP contribution in [0.2, 0.25) is 0 Å². The van der Waals surface area contributed by atoms with Crippen LogP contribution in [0.3, 0.4) is 0 Å². The molecule has 80 valence electrons. The number of aromatic carboxylic acids is 1. The van der Waals surface area contributed by atoms with Gasteiger partial charge in [0, 0.05) is 0 Å². The lowest BCUT2D eigenvalue weighted by molar-refractivity contribution is 0.0697. The van der Waals surface area contributed by atoms with Crippen LogP contribution in [0.5, 0.6) is 5.75 Å². The molecule has 4 heteroatoms. The molecule has 0 atom stereocenters. The third kappa shape index (κ3) is 2.84. The highest BCUT2D eigenvalue weighted by Gasteiger charge is 2.22. The Hall–Kier alpha value is -0.780. The highest BCUT2D eigenvalue weighted by Crippen LogP contribution is 2.30. The van der Waals surface area contributed by atoms with Gasteiger partial charge in [0.15, 0.2) is 0 Å². The standard InChI is InChI=1S/C11H11IO3/c12-9-5-8(11(13)14)3-4-10(9)15-6-7-1-2-7/h3-5,7H,1-2,6H2,(H,13,14). The van der Waals surface area contributed by atoms with Gasteiger partial charge in [0.2, 0.25) is 0 Å². The van der Waals surface area contributed by atoms with Crippen LogP contribution in [0.1, 0.15) is 23.2 Å². The van der Waals surface area contributed by atoms with Crippen molar-refractivity contribution in [3.05, 3.63) is 27.3 Å². The summed E-state index contributed by atoms with van der Waals surface area (Å²) in [7, 11) is 0. The third-order valence-electron chi connectivity index (χ3n) is 2.35. The predicted octanol–water partition coefficient (Wildman–Crippen LogP) is 2.78. The molecule has 1 aromatic rings. The van der Waals surface area contributed by atoms with Gasteiger partial charge in [0.05, 0.1) is 15.7 Å². The van der Waals surface area contributed by atoms with Crippen molar-refractivity contribution in [1.29, 1.82) is 0 Å². The molecular weight excluding hydrogens is 307 g/mol. The van der Waals surface area contributed by atoms with Gasteiger partial charge in [-0.2, -0.15) is 0 Å². The fraction of sp³-hybridized carbons (Fsp3) is 0.364. The Labute approximate surface area is 102 Å². The number of carbonyl (C=O) groups is 1. The lowest BCUT2D eigenvalue weighted by Gasteiger charge is -2.07. The van der Waals surface area contributed by atoms with Crippen LogP contribution in [0, 0.1) is 9.49 Å². The first-order valence-corrected chi connectivity index (χ1v) is 5.90. The molecule has 0 aliphatic heterocycles. The van der Waals surface area contributed by atoms with Gasteiger partial charge in [-0.3, -0.25) is 0 Å². The zero-order chi connectivity index (χ0) is 10.8. The number of carboxylic acids is 1. The molecule has 1 N–H and O–H groups in total. The molecule has 2 rings (SSSR count). The van der Waals surface area contributed by atoms with Gasteiger partial charge in [-0.25, -0.2) is 4.79 Å². The minimum absolute atomic E-state index is 0.304. The molecule has 0 heterocycles. The van der Waals surface area contributed by atoms with E-state index in [4.69, 9.17) is 9.84 Å². The van der Waals surface area contributed by atoms with Crippen molar-refractivity contribution in [2.45, 2.75) is 12.8 Å². The fourth-order valence-corrected chi connectivity index (χ4v) is 1.91. The SMILES string of the molecule is O=C(O)c1ccc(OCC2CC2)c(I)c1. The van der Waals surface area contributed by atoms with Crippen LogP contribution in [-0.4, -0.2) is 17.7 Å². The van der Waals surface area contributed by atoms with E-state index in [-0.39, 0.29) is 0 Å². The van der Waals surface area contributed by atoms with Crippen LogP contribution in [0.4, 0.5) is 0 Å². The number of hydrogen-bond donors (Lipinski definition) is 1. The second-order valence-corrected chi connectivity index (χ2v) is 4.87. The Bertz CT molecular complexity index is 385. The molecule has 15 heavy (non-hydrogen) atoms. The summed E-state index contributed by atoms with van der Waals surface area (Å²) in [6, 6.07) is 4.94. The fourth-order valence-electron chi connectivity index (χ4n) is 1.24. The third-order valence-corrected chi connectivity index (χ3v) is 3.19. The van der Waals surface area contributed by atoms with Crippen molar-refractivity contribution in [2.24, 2.45) is 5.92 Å². The monoisotopic (exact) mass is 318 g/mol. The minimum atomic E-state index is -0.901. The Morgan fingerprint density at radius 2 is 2.27 bits per heavy atom. The van der Waals surface area contributed by atoms with Gasteiger partial charge < -0.3 is 9.84 Å². The topological polar surface area (TPSA) is 46.5 Å². The summed E-state index contributed by atoms with van der Waals surface area (Å²) in [6.07, 6.45) is 2.51. The van der Waals surface area contributed by atoms with Crippen LogP contribution in [0.25, 0.3) is 0 Å². The Morgan fingerprint density at radius 3 is 2.80 bits per heavy atom. The maximum Gasteiger partial charge on any atom is 0.335 e. The van der Waals surface area contributed by atoms with E-state index in [2.05, 4.69) is 22.6 Å². The molecule has 0 unspecified atom stereocenters. The minimum Gasteiger partial charge on any atom is -0.492 e. The zero-order valence-electron chi connectivity index (χ0n) is 8.07. The number of carboxylic acid groups (broad SMARTS) is 1. The van der Waals surface area contributed by atoms with Crippen LogP contribution in [-0.2, 0) is 0 Å². The van der Waals surface area contributed by atoms with E-state index in [1.807, 2.05) is 0 Å². The smallest absolute Gasteiger partial charge is 0.335 e. The number of ether oxygens (including phenoxy) is 1. The number of halogens is 1. The molecule has 1 aliphatic rings. The first kappa shape index (κ1) is 10.7. The molecule has 0 bridgehead atoms. The number of rotatable bonds is 4. The predicted molar refractivity (Wildman–Crippen MR) is 64.3 cm³/mol. The quantitative estimate of drug-likeness (QED) is 0.869. The van der Waals surface area contributed by atoms with Crippen molar-refractivity contribution in [2.75, 3.05) is 6.61 Å². The lowest BCUT2D eigenvalue weighted by Crippen LogP contribution is -2.02. The van der Waals surface area contributed by atoms with E-state index >= 15 is 0 Å². The molecule has 1 aliphatic carbocycles. The Morgan fingerprint density at radius 1 is 1.53 bits per heavy atom. The maximum absolute atomic E-state index is 10.7. The molecule has 0 amide bonds. The molecule has 0 aromatic heterocycles. The zero-order valence-corrected chi connectivity index (χ0v) is 10.2. The Balaban J connectivity index is 2.07. The van der Waals surface area contributed by atoms with Crippen molar-refractivity contribution in [1.82, 2.24) is 0 Å². The van der Waals surface area contributed by atoms with Gasteiger partial charge in [-0.1, -0.05) is 0 Å². The second-order valence-electron chi connectivity index (χ2n) is 3.70.